The van der Waals surface area contributed by atoms with E-state index in [2.05, 4.69) is 10.6 Å². The van der Waals surface area contributed by atoms with Crippen LogP contribution in [0.4, 0.5) is 20.6 Å². The highest BCUT2D eigenvalue weighted by atomic mass is 32.2. The summed E-state index contributed by atoms with van der Waals surface area (Å²) >= 11 is 1.43. The molecular weight excluding hydrogens is 487 g/mol. The van der Waals surface area contributed by atoms with Crippen molar-refractivity contribution < 1.29 is 23.8 Å². The average Bonchev–Trinajstić information content (AvgIpc) is 3.45. The number of aliphatic hydroxyl groups is 1. The van der Waals surface area contributed by atoms with Crippen LogP contribution >= 0.6 is 11.8 Å². The molecule has 0 saturated carbocycles. The highest BCUT2D eigenvalue weighted by Crippen LogP contribution is 2.36. The molecule has 0 unspecified atom stereocenters. The van der Waals surface area contributed by atoms with Crippen LogP contribution in [0.2, 0.25) is 0 Å². The summed E-state index contributed by atoms with van der Waals surface area (Å²) in [6.45, 7) is 0.806. The van der Waals surface area contributed by atoms with Crippen molar-refractivity contribution in [2.75, 3.05) is 29.1 Å². The van der Waals surface area contributed by atoms with Crippen LogP contribution in [0.5, 0.6) is 0 Å². The molecule has 2 aromatic carbocycles. The van der Waals surface area contributed by atoms with Crippen molar-refractivity contribution in [3.8, 4) is 0 Å². The van der Waals surface area contributed by atoms with Gasteiger partial charge in [-0.25, -0.2) is 9.18 Å². The molecular formula is C25H23FN4O5S. The number of benzene rings is 2. The summed E-state index contributed by atoms with van der Waals surface area (Å²) in [4.78, 5) is 38.9. The number of hydrogen-bond donors (Lipinski definition) is 3. The summed E-state index contributed by atoms with van der Waals surface area (Å²) in [6.07, 6.45) is -1.97. The molecule has 6 rings (SSSR count). The predicted octanol–water partition coefficient (Wildman–Crippen LogP) is 2.61. The molecule has 1 aromatic heterocycles. The summed E-state index contributed by atoms with van der Waals surface area (Å²) in [5.74, 6) is -0.121. The molecule has 3 atom stereocenters. The molecule has 11 heteroatoms. The quantitative estimate of drug-likeness (QED) is 0.467. The van der Waals surface area contributed by atoms with Crippen molar-refractivity contribution in [3.63, 3.8) is 0 Å². The number of thioether (sulfide) groups is 1. The maximum Gasteiger partial charge on any atom is 0.414 e. The molecule has 1 fully saturated rings. The molecule has 3 aromatic rings. The van der Waals surface area contributed by atoms with Gasteiger partial charge < -0.3 is 25.0 Å². The maximum absolute atomic E-state index is 14.6. The molecule has 0 aliphatic carbocycles. The van der Waals surface area contributed by atoms with E-state index in [0.29, 0.717) is 41.3 Å². The van der Waals surface area contributed by atoms with Crippen LogP contribution < -0.4 is 21.1 Å². The zero-order chi connectivity index (χ0) is 25.0. The Morgan fingerprint density at radius 1 is 1.17 bits per heavy atom. The summed E-state index contributed by atoms with van der Waals surface area (Å²) in [6, 6.07) is 11.2. The first-order chi connectivity index (χ1) is 17.4. The number of anilines is 2. The number of hydrogen-bond acceptors (Lipinski definition) is 7. The molecule has 0 radical (unpaired) electrons. The number of ether oxygens (including phenoxy) is 1. The van der Waals surface area contributed by atoms with E-state index in [4.69, 9.17) is 4.74 Å². The Bertz CT molecular complexity index is 1460. The molecule has 3 aliphatic heterocycles. The van der Waals surface area contributed by atoms with Gasteiger partial charge in [0.15, 0.2) is 0 Å². The normalized spacial score (nSPS) is 21.4. The lowest BCUT2D eigenvalue weighted by Crippen LogP contribution is -2.34. The van der Waals surface area contributed by atoms with E-state index in [0.717, 1.165) is 10.3 Å². The maximum atomic E-state index is 14.6. The second kappa shape index (κ2) is 8.91. The second-order valence-electron chi connectivity index (χ2n) is 9.09. The number of carbonyl (C=O) groups excluding carboxylic acids is 2. The van der Waals surface area contributed by atoms with E-state index in [-0.39, 0.29) is 30.2 Å². The van der Waals surface area contributed by atoms with Gasteiger partial charge >= 0.3 is 6.09 Å². The van der Waals surface area contributed by atoms with Crippen molar-refractivity contribution in [2.24, 2.45) is 0 Å². The number of amides is 2. The number of nitrogens with one attached hydrogen (secondary N) is 2. The Morgan fingerprint density at radius 3 is 2.86 bits per heavy atom. The minimum Gasteiger partial charge on any atom is -0.441 e. The van der Waals surface area contributed by atoms with E-state index in [1.165, 1.54) is 28.8 Å². The lowest BCUT2D eigenvalue weighted by molar-refractivity contribution is -0.113. The fraction of sp³-hybridized carbons (Fsp3) is 0.320. The minimum atomic E-state index is -0.938. The standard InChI is InChI=1S/C25H23FN4O5S/c26-15-4-1-13-2-6-22(33)30-10-17(23(15)24(13)30)27-8-7-18(31)19-11-29(25(34)35-19)14-3-5-20-16(9-14)28-21(32)12-36-20/h1-6,9,17-19,27,31H,7-8,10-12H2,(H,28,32)/t17-,18+,19+/m0/s1. The van der Waals surface area contributed by atoms with Crippen LogP contribution in [-0.2, 0) is 16.1 Å². The van der Waals surface area contributed by atoms with E-state index < -0.39 is 24.3 Å². The van der Waals surface area contributed by atoms with Crippen LogP contribution in [0.15, 0.2) is 52.2 Å². The number of aliphatic hydroxyl groups excluding tert-OH is 1. The molecule has 1 saturated heterocycles. The van der Waals surface area contributed by atoms with Gasteiger partial charge in [0.05, 0.1) is 35.6 Å². The molecule has 4 heterocycles. The predicted molar refractivity (Wildman–Crippen MR) is 133 cm³/mol. The Balaban J connectivity index is 1.09. The number of fused-ring (bicyclic) bond motifs is 1. The number of nitrogens with zero attached hydrogens (tertiary/aromatic N) is 2. The number of cyclic esters (lactones) is 1. The minimum absolute atomic E-state index is 0.0965. The van der Waals surface area contributed by atoms with Gasteiger partial charge in [-0.15, -0.1) is 11.8 Å². The molecule has 0 spiro atoms. The molecule has 186 valence electrons. The fourth-order valence-corrected chi connectivity index (χ4v) is 5.87. The number of halogens is 1. The van der Waals surface area contributed by atoms with Crippen molar-refractivity contribution in [1.82, 2.24) is 9.88 Å². The van der Waals surface area contributed by atoms with Crippen molar-refractivity contribution in [1.29, 1.82) is 0 Å². The molecule has 0 bridgehead atoms. The number of aromatic nitrogens is 1. The van der Waals surface area contributed by atoms with E-state index in [1.807, 2.05) is 6.07 Å². The SMILES string of the molecule is O=C1CSc2ccc(N3C[C@H]([C@H](O)CCN[C@H]4Cn5c(=O)ccc6ccc(F)c4c65)OC3=O)cc2N1. The lowest BCUT2D eigenvalue weighted by Gasteiger charge is -2.20. The second-order valence-corrected chi connectivity index (χ2v) is 10.1. The Labute approximate surface area is 209 Å². The summed E-state index contributed by atoms with van der Waals surface area (Å²) in [5, 5.41) is 17.6. The fourth-order valence-electron chi connectivity index (χ4n) is 5.08. The molecule has 36 heavy (non-hydrogen) atoms. The number of pyridine rings is 1. The Morgan fingerprint density at radius 2 is 2.00 bits per heavy atom. The van der Waals surface area contributed by atoms with Gasteiger partial charge in [0.2, 0.25) is 5.91 Å². The first kappa shape index (κ1) is 23.0. The van der Waals surface area contributed by atoms with Gasteiger partial charge in [-0.2, -0.15) is 0 Å². The van der Waals surface area contributed by atoms with Gasteiger partial charge in [-0.1, -0.05) is 0 Å². The van der Waals surface area contributed by atoms with Crippen LogP contribution in [0.3, 0.4) is 0 Å². The molecule has 9 nitrogen and oxygen atoms in total. The third-order valence-electron chi connectivity index (χ3n) is 6.85. The van der Waals surface area contributed by atoms with E-state index >= 15 is 0 Å². The number of carbonyl (C=O) groups is 2. The molecule has 2 amide bonds. The van der Waals surface area contributed by atoms with Gasteiger partial charge in [-0.3, -0.25) is 14.5 Å². The van der Waals surface area contributed by atoms with Crippen LogP contribution in [-0.4, -0.2) is 52.7 Å². The van der Waals surface area contributed by atoms with Crippen molar-refractivity contribution in [2.45, 2.75) is 36.1 Å². The summed E-state index contributed by atoms with van der Waals surface area (Å²) in [5.41, 5.74) is 2.09. The van der Waals surface area contributed by atoms with Crippen molar-refractivity contribution >= 4 is 46.0 Å². The Hall–Kier alpha value is -3.41. The van der Waals surface area contributed by atoms with Gasteiger partial charge in [0, 0.05) is 28.8 Å². The topological polar surface area (TPSA) is 113 Å². The van der Waals surface area contributed by atoms with E-state index in [1.54, 1.807) is 28.8 Å². The third-order valence-corrected chi connectivity index (χ3v) is 7.93. The highest BCUT2D eigenvalue weighted by molar-refractivity contribution is 8.00. The van der Waals surface area contributed by atoms with Crippen LogP contribution in [0, 0.1) is 5.82 Å². The van der Waals surface area contributed by atoms with Crippen LogP contribution in [0.25, 0.3) is 10.9 Å². The monoisotopic (exact) mass is 510 g/mol. The van der Waals surface area contributed by atoms with Crippen LogP contribution in [0.1, 0.15) is 18.0 Å². The van der Waals surface area contributed by atoms with Gasteiger partial charge in [0.25, 0.3) is 5.56 Å². The average molecular weight is 511 g/mol. The Kier molecular flexibility index (Phi) is 5.70. The van der Waals surface area contributed by atoms with Crippen molar-refractivity contribution in [3.05, 3.63) is 64.2 Å². The summed E-state index contributed by atoms with van der Waals surface area (Å²) in [7, 11) is 0. The lowest BCUT2D eigenvalue weighted by atomic mass is 10.0. The van der Waals surface area contributed by atoms with Gasteiger partial charge in [0.1, 0.15) is 11.9 Å². The zero-order valence-electron chi connectivity index (χ0n) is 19.1. The van der Waals surface area contributed by atoms with Gasteiger partial charge in [-0.05, 0) is 54.8 Å². The largest absolute Gasteiger partial charge is 0.441 e. The molecule has 3 aliphatic rings. The zero-order valence-corrected chi connectivity index (χ0v) is 19.9. The summed E-state index contributed by atoms with van der Waals surface area (Å²) < 4.78 is 21.6. The molecule has 3 N–H and O–H groups in total. The first-order valence-corrected chi connectivity index (χ1v) is 12.7. The first-order valence-electron chi connectivity index (χ1n) is 11.7. The highest BCUT2D eigenvalue weighted by Gasteiger charge is 2.37. The van der Waals surface area contributed by atoms with E-state index in [9.17, 15) is 23.9 Å². The third kappa shape index (κ3) is 3.93. The smallest absolute Gasteiger partial charge is 0.414 e. The number of rotatable bonds is 6.